The van der Waals surface area contributed by atoms with E-state index in [-0.39, 0.29) is 40.9 Å². The number of ketones is 1. The molecule has 1 aromatic carbocycles. The molecule has 2 aromatic heterocycles. The van der Waals surface area contributed by atoms with E-state index in [1.807, 2.05) is 19.0 Å². The van der Waals surface area contributed by atoms with Gasteiger partial charge in [0, 0.05) is 5.02 Å². The maximum absolute atomic E-state index is 12.9. The number of halogens is 1. The Bertz CT molecular complexity index is 986. The second-order valence-corrected chi connectivity index (χ2v) is 7.71. The quantitative estimate of drug-likeness (QED) is 0.368. The zero-order chi connectivity index (χ0) is 19.6. The number of carbonyl (C=O) groups excluding carboxylic acids is 2. The van der Waals surface area contributed by atoms with Crippen LogP contribution in [0, 0.1) is 0 Å². The summed E-state index contributed by atoms with van der Waals surface area (Å²) in [6, 6.07) is 7.62. The van der Waals surface area contributed by atoms with Crippen LogP contribution in [-0.2, 0) is 0 Å². The second kappa shape index (κ2) is 9.91. The predicted octanol–water partition coefficient (Wildman–Crippen LogP) is 1.59. The summed E-state index contributed by atoms with van der Waals surface area (Å²) < 4.78 is 1.07. The first-order valence-electron chi connectivity index (χ1n) is 8.38. The van der Waals surface area contributed by atoms with Crippen molar-refractivity contribution in [1.82, 2.24) is 9.47 Å². The number of aromatic nitrogens is 1. The number of benzene rings is 1. The van der Waals surface area contributed by atoms with Crippen LogP contribution in [0.2, 0.25) is 5.02 Å². The van der Waals surface area contributed by atoms with Crippen LogP contribution in [-0.4, -0.2) is 53.6 Å². The maximum Gasteiger partial charge on any atom is 1.00 e. The largest absolute Gasteiger partial charge is 1.00 e. The van der Waals surface area contributed by atoms with Gasteiger partial charge in [0.05, 0.1) is 10.4 Å². The number of thiophene rings is 1. The van der Waals surface area contributed by atoms with Crippen LogP contribution in [0.5, 0.6) is 5.88 Å². The SMILES string of the molecule is CN(C)CCC[N-]C(=O)n1c(O)c(C(=O)c2cccs2)c2cc(Cl)ccc21.[Na+]. The molecule has 3 rings (SSSR count). The third kappa shape index (κ3) is 4.79. The Morgan fingerprint density at radius 2 is 2.04 bits per heavy atom. The van der Waals surface area contributed by atoms with E-state index in [0.717, 1.165) is 11.1 Å². The molecule has 0 atom stereocenters. The summed E-state index contributed by atoms with van der Waals surface area (Å²) in [5.74, 6) is -0.763. The number of aromatic hydroxyl groups is 1. The Hall–Kier alpha value is -1.35. The fraction of sp³-hybridized carbons (Fsp3) is 0.263. The first-order valence-corrected chi connectivity index (χ1v) is 9.63. The Morgan fingerprint density at radius 1 is 1.29 bits per heavy atom. The van der Waals surface area contributed by atoms with Gasteiger partial charge in [0.2, 0.25) is 5.78 Å². The van der Waals surface area contributed by atoms with Crippen molar-refractivity contribution in [3.8, 4) is 5.88 Å². The van der Waals surface area contributed by atoms with E-state index in [4.69, 9.17) is 11.6 Å². The van der Waals surface area contributed by atoms with E-state index in [9.17, 15) is 14.7 Å². The zero-order valence-corrected chi connectivity index (χ0v) is 19.5. The number of hydrogen-bond donors (Lipinski definition) is 1. The normalized spacial score (nSPS) is 10.9. The minimum Gasteiger partial charge on any atom is -0.510 e. The van der Waals surface area contributed by atoms with Gasteiger partial charge in [-0.05, 0) is 68.1 Å². The number of hydrogen-bond acceptors (Lipinski definition) is 5. The first kappa shape index (κ1) is 22.9. The van der Waals surface area contributed by atoms with Crippen molar-refractivity contribution < 1.29 is 44.3 Å². The van der Waals surface area contributed by atoms with Crippen molar-refractivity contribution in [1.29, 1.82) is 0 Å². The van der Waals surface area contributed by atoms with Gasteiger partial charge in [-0.2, -0.15) is 0 Å². The molecule has 0 aliphatic carbocycles. The molecule has 3 aromatic rings. The van der Waals surface area contributed by atoms with Crippen LogP contribution in [0.3, 0.4) is 0 Å². The maximum atomic E-state index is 12.9. The molecule has 0 saturated heterocycles. The van der Waals surface area contributed by atoms with E-state index in [0.29, 0.717) is 33.8 Å². The molecule has 0 aliphatic rings. The van der Waals surface area contributed by atoms with Gasteiger partial charge in [-0.25, -0.2) is 0 Å². The molecule has 0 spiro atoms. The molecule has 9 heteroatoms. The summed E-state index contributed by atoms with van der Waals surface area (Å²) in [6.07, 6.45) is 0.714. The van der Waals surface area contributed by atoms with Crippen molar-refractivity contribution in [3.05, 3.63) is 56.5 Å². The van der Waals surface area contributed by atoms with E-state index >= 15 is 0 Å². The number of fused-ring (bicyclic) bond motifs is 1. The monoisotopic (exact) mass is 427 g/mol. The molecule has 2 heterocycles. The molecule has 6 nitrogen and oxygen atoms in total. The number of rotatable bonds is 6. The van der Waals surface area contributed by atoms with Gasteiger partial charge < -0.3 is 19.9 Å². The fourth-order valence-corrected chi connectivity index (χ4v) is 3.67. The van der Waals surface area contributed by atoms with Gasteiger partial charge in [-0.3, -0.25) is 9.59 Å². The fourth-order valence-electron chi connectivity index (χ4n) is 2.83. The third-order valence-corrected chi connectivity index (χ3v) is 5.18. The van der Waals surface area contributed by atoms with Gasteiger partial charge in [0.25, 0.3) is 0 Å². The zero-order valence-electron chi connectivity index (χ0n) is 16.0. The van der Waals surface area contributed by atoms with Crippen LogP contribution in [0.4, 0.5) is 4.79 Å². The molecule has 1 amide bonds. The van der Waals surface area contributed by atoms with Crippen LogP contribution < -0.4 is 29.6 Å². The number of nitrogens with zero attached hydrogens (tertiary/aromatic N) is 3. The summed E-state index contributed by atoms with van der Waals surface area (Å²) in [7, 11) is 3.89. The van der Waals surface area contributed by atoms with Crippen LogP contribution in [0.25, 0.3) is 16.2 Å². The summed E-state index contributed by atoms with van der Waals surface area (Å²) in [6.45, 7) is 1.13. The Kier molecular flexibility index (Phi) is 8.12. The summed E-state index contributed by atoms with van der Waals surface area (Å²) >= 11 is 7.35. The molecule has 1 N–H and O–H groups in total. The van der Waals surface area contributed by atoms with E-state index in [2.05, 4.69) is 5.32 Å². The minimum atomic E-state index is -0.608. The second-order valence-electron chi connectivity index (χ2n) is 6.32. The molecule has 28 heavy (non-hydrogen) atoms. The average molecular weight is 428 g/mol. The van der Waals surface area contributed by atoms with E-state index in [1.54, 1.807) is 35.7 Å². The standard InChI is InChI=1S/C19H20ClN3O3S.Na/c1-22(2)9-4-8-21-19(26)23-14-7-6-12(20)11-13(14)16(18(23)25)17(24)15-5-3-10-27-15;/h3,5-7,10-11H,4,8-9H2,1-2H3,(H2,21,24,25,26);/q;+1/p-1. The molecule has 142 valence electrons. The van der Waals surface area contributed by atoms with Crippen LogP contribution >= 0.6 is 22.9 Å². The van der Waals surface area contributed by atoms with E-state index < -0.39 is 11.9 Å². The molecular weight excluding hydrogens is 409 g/mol. The molecule has 0 fully saturated rings. The molecule has 0 radical (unpaired) electrons. The van der Waals surface area contributed by atoms with Gasteiger partial charge in [0.15, 0.2) is 6.03 Å². The summed E-state index contributed by atoms with van der Waals surface area (Å²) in [5.41, 5.74) is 0.463. The summed E-state index contributed by atoms with van der Waals surface area (Å²) in [5, 5.41) is 17.4. The minimum absolute atomic E-state index is 0. The van der Waals surface area contributed by atoms with Crippen molar-refractivity contribution in [3.63, 3.8) is 0 Å². The van der Waals surface area contributed by atoms with Crippen molar-refractivity contribution in [2.24, 2.45) is 0 Å². The van der Waals surface area contributed by atoms with Gasteiger partial charge in [-0.15, -0.1) is 11.3 Å². The van der Waals surface area contributed by atoms with Crippen LogP contribution in [0.15, 0.2) is 35.7 Å². The molecular formula is C19H19ClN3NaO3S. The smallest absolute Gasteiger partial charge is 0.510 e. The van der Waals surface area contributed by atoms with Gasteiger partial charge >= 0.3 is 29.6 Å². The molecule has 0 bridgehead atoms. The van der Waals surface area contributed by atoms with Gasteiger partial charge in [0.1, 0.15) is 5.88 Å². The molecule has 0 saturated carbocycles. The number of carbonyl (C=O) groups is 2. The summed E-state index contributed by atoms with van der Waals surface area (Å²) in [4.78, 5) is 28.0. The number of amides is 1. The molecule has 0 aliphatic heterocycles. The van der Waals surface area contributed by atoms with Crippen molar-refractivity contribution >= 4 is 45.7 Å². The predicted molar refractivity (Wildman–Crippen MR) is 109 cm³/mol. The van der Waals surface area contributed by atoms with Crippen LogP contribution in [0.1, 0.15) is 21.7 Å². The van der Waals surface area contributed by atoms with Crippen molar-refractivity contribution in [2.45, 2.75) is 6.42 Å². The topological polar surface area (TPSA) is 76.6 Å². The molecule has 0 unspecified atom stereocenters. The van der Waals surface area contributed by atoms with Crippen molar-refractivity contribution in [2.75, 3.05) is 27.2 Å². The third-order valence-electron chi connectivity index (χ3n) is 4.08. The Balaban J connectivity index is 0.00000280. The first-order chi connectivity index (χ1) is 12.9. The average Bonchev–Trinajstić information content (AvgIpc) is 3.23. The van der Waals surface area contributed by atoms with Gasteiger partial charge in [-0.1, -0.05) is 23.7 Å². The Labute approximate surface area is 194 Å². The Morgan fingerprint density at radius 3 is 2.68 bits per heavy atom. The van der Waals surface area contributed by atoms with E-state index in [1.165, 1.54) is 11.3 Å².